The summed E-state index contributed by atoms with van der Waals surface area (Å²) in [5, 5.41) is 3.26. The first-order valence-corrected chi connectivity index (χ1v) is 11.3. The quantitative estimate of drug-likeness (QED) is 0.212. The molecule has 4 rings (SSSR count). The van der Waals surface area contributed by atoms with E-state index < -0.39 is 5.91 Å². The number of nitrogens with one attached hydrogen (secondary N) is 3. The molecule has 0 fully saturated rings. The number of rotatable bonds is 6. The van der Waals surface area contributed by atoms with Crippen LogP contribution >= 0.6 is 11.8 Å². The fraction of sp³-hybridized carbons (Fsp3) is 0.115. The molecule has 1 aromatic carbocycles. The number of amides is 2. The van der Waals surface area contributed by atoms with Crippen LogP contribution in [0.3, 0.4) is 0 Å². The number of pyridine rings is 3. The van der Waals surface area contributed by atoms with Crippen LogP contribution in [0, 0.1) is 11.8 Å². The smallest absolute Gasteiger partial charge is 0.267 e. The van der Waals surface area contributed by atoms with E-state index in [-0.39, 0.29) is 11.5 Å². The monoisotopic (exact) mass is 500 g/mol. The summed E-state index contributed by atoms with van der Waals surface area (Å²) < 4.78 is 1.51. The standard InChI is InChI=1S/C26H21ClN6O3/c1-17(34)29-11-13-33-12-9-19(14-25(33)35)3-2-18-4-6-20(7-5-18)24-15-21(26(36)31-32-27)22-16-28-10-8-23(22)30-24/h4-10,12,14-16,32H,11,13H2,1H3,(H,29,34)(H,31,36). The molecule has 0 radical (unpaired) electrons. The van der Waals surface area contributed by atoms with Crippen LogP contribution in [0.2, 0.25) is 0 Å². The van der Waals surface area contributed by atoms with Crippen molar-refractivity contribution in [3.05, 3.63) is 94.2 Å². The molecule has 0 aliphatic rings. The third-order valence-corrected chi connectivity index (χ3v) is 5.36. The van der Waals surface area contributed by atoms with Gasteiger partial charge in [-0.05, 0) is 42.1 Å². The van der Waals surface area contributed by atoms with E-state index in [4.69, 9.17) is 11.8 Å². The van der Waals surface area contributed by atoms with Crippen LogP contribution in [0.25, 0.3) is 22.2 Å². The number of hydrazine groups is 1. The van der Waals surface area contributed by atoms with Gasteiger partial charge in [-0.25, -0.2) is 4.98 Å². The maximum absolute atomic E-state index is 12.5. The molecule has 0 saturated carbocycles. The molecule has 0 aliphatic heterocycles. The van der Waals surface area contributed by atoms with Crippen molar-refractivity contribution in [2.75, 3.05) is 6.54 Å². The Hall–Kier alpha value is -4.52. The number of benzene rings is 1. The predicted molar refractivity (Wildman–Crippen MR) is 137 cm³/mol. The molecule has 10 heteroatoms. The van der Waals surface area contributed by atoms with Gasteiger partial charge in [-0.2, -0.15) is 0 Å². The molecule has 3 N–H and O–H groups in total. The van der Waals surface area contributed by atoms with Gasteiger partial charge in [0.25, 0.3) is 11.5 Å². The van der Waals surface area contributed by atoms with Crippen molar-refractivity contribution in [3.8, 4) is 23.1 Å². The van der Waals surface area contributed by atoms with Gasteiger partial charge >= 0.3 is 0 Å². The first-order valence-electron chi connectivity index (χ1n) is 10.9. The summed E-state index contributed by atoms with van der Waals surface area (Å²) in [5.74, 6) is 5.50. The lowest BCUT2D eigenvalue weighted by Crippen LogP contribution is -2.30. The topological polar surface area (TPSA) is 118 Å². The van der Waals surface area contributed by atoms with Gasteiger partial charge in [0.1, 0.15) is 0 Å². The second-order valence-electron chi connectivity index (χ2n) is 7.75. The fourth-order valence-electron chi connectivity index (χ4n) is 3.51. The minimum absolute atomic E-state index is 0.139. The zero-order chi connectivity index (χ0) is 25.5. The Morgan fingerprint density at radius 3 is 2.56 bits per heavy atom. The maximum atomic E-state index is 12.5. The SMILES string of the molecule is CC(=O)NCCn1ccc(C#Cc2ccc(-c3cc(C(=O)NNCl)c4cnccc4n3)cc2)cc1=O. The summed E-state index contributed by atoms with van der Waals surface area (Å²) in [6.45, 7) is 2.20. The zero-order valence-corrected chi connectivity index (χ0v) is 20.0. The second-order valence-corrected chi connectivity index (χ2v) is 7.94. The van der Waals surface area contributed by atoms with Crippen LogP contribution in [-0.2, 0) is 11.3 Å². The van der Waals surface area contributed by atoms with E-state index in [0.29, 0.717) is 40.8 Å². The van der Waals surface area contributed by atoms with E-state index in [1.54, 1.807) is 36.8 Å². The lowest BCUT2D eigenvalue weighted by atomic mass is 10.0. The van der Waals surface area contributed by atoms with Crippen LogP contribution in [0.4, 0.5) is 0 Å². The van der Waals surface area contributed by atoms with Crippen LogP contribution in [-0.4, -0.2) is 32.9 Å². The van der Waals surface area contributed by atoms with E-state index in [0.717, 1.165) is 11.1 Å². The average molecular weight is 501 g/mol. The number of hydrogen-bond donors (Lipinski definition) is 3. The molecule has 3 heterocycles. The summed E-state index contributed by atoms with van der Waals surface area (Å²) in [5.41, 5.74) is 5.92. The van der Waals surface area contributed by atoms with Crippen molar-refractivity contribution in [2.24, 2.45) is 0 Å². The van der Waals surface area contributed by atoms with E-state index in [1.807, 2.05) is 24.3 Å². The fourth-order valence-corrected chi connectivity index (χ4v) is 3.59. The van der Waals surface area contributed by atoms with E-state index >= 15 is 0 Å². The number of nitrogens with zero attached hydrogens (tertiary/aromatic N) is 3. The first-order chi connectivity index (χ1) is 17.4. The van der Waals surface area contributed by atoms with Gasteiger partial charge in [0.2, 0.25) is 5.91 Å². The van der Waals surface area contributed by atoms with Gasteiger partial charge in [-0.1, -0.05) is 24.0 Å². The molecule has 9 nitrogen and oxygen atoms in total. The highest BCUT2D eigenvalue weighted by atomic mass is 35.5. The van der Waals surface area contributed by atoms with Gasteiger partial charge in [0.05, 0.1) is 16.8 Å². The van der Waals surface area contributed by atoms with Crippen molar-refractivity contribution in [3.63, 3.8) is 0 Å². The minimum atomic E-state index is -0.411. The Balaban J connectivity index is 1.55. The summed E-state index contributed by atoms with van der Waals surface area (Å²) in [4.78, 5) is 46.6. The summed E-state index contributed by atoms with van der Waals surface area (Å²) in [6, 6.07) is 14.0. The lowest BCUT2D eigenvalue weighted by molar-refractivity contribution is -0.118. The van der Waals surface area contributed by atoms with Crippen molar-refractivity contribution in [2.45, 2.75) is 13.5 Å². The molecule has 0 unspecified atom stereocenters. The third kappa shape index (κ3) is 5.93. The molecule has 0 aliphatic carbocycles. The highest BCUT2D eigenvalue weighted by molar-refractivity contribution is 6.15. The van der Waals surface area contributed by atoms with Crippen molar-refractivity contribution >= 4 is 34.5 Å². The van der Waals surface area contributed by atoms with Gasteiger partial charge < -0.3 is 9.88 Å². The van der Waals surface area contributed by atoms with Gasteiger partial charge in [-0.15, -0.1) is 4.94 Å². The molecule has 0 atom stereocenters. The van der Waals surface area contributed by atoms with Crippen LogP contribution in [0.5, 0.6) is 0 Å². The Kier molecular flexibility index (Phi) is 7.70. The second kappa shape index (κ2) is 11.3. The highest BCUT2D eigenvalue weighted by Crippen LogP contribution is 2.24. The number of aromatic nitrogens is 3. The predicted octanol–water partition coefficient (Wildman–Crippen LogP) is 2.38. The molecule has 4 aromatic rings. The molecule has 36 heavy (non-hydrogen) atoms. The third-order valence-electron chi connectivity index (χ3n) is 5.27. The highest BCUT2D eigenvalue weighted by Gasteiger charge is 2.14. The Bertz CT molecular complexity index is 1550. The Labute approximate surface area is 211 Å². The van der Waals surface area contributed by atoms with Crippen LogP contribution in [0.15, 0.2) is 71.9 Å². The first kappa shape index (κ1) is 24.6. The summed E-state index contributed by atoms with van der Waals surface area (Å²) in [7, 11) is 0. The molecule has 0 saturated heterocycles. The number of hydrogen-bond acceptors (Lipinski definition) is 6. The summed E-state index contributed by atoms with van der Waals surface area (Å²) in [6.07, 6.45) is 4.85. The largest absolute Gasteiger partial charge is 0.355 e. The molecule has 3 aromatic heterocycles. The Morgan fingerprint density at radius 2 is 1.83 bits per heavy atom. The van der Waals surface area contributed by atoms with Crippen LogP contribution < -0.4 is 21.2 Å². The van der Waals surface area contributed by atoms with Gasteiger partial charge in [0, 0.05) is 66.7 Å². The molecular weight excluding hydrogens is 480 g/mol. The van der Waals surface area contributed by atoms with E-state index in [9.17, 15) is 14.4 Å². The van der Waals surface area contributed by atoms with E-state index in [2.05, 4.69) is 37.5 Å². The normalized spacial score (nSPS) is 10.4. The van der Waals surface area contributed by atoms with Crippen LogP contribution in [0.1, 0.15) is 28.4 Å². The maximum Gasteiger partial charge on any atom is 0.267 e. The number of fused-ring (bicyclic) bond motifs is 1. The van der Waals surface area contributed by atoms with Crippen molar-refractivity contribution < 1.29 is 9.59 Å². The van der Waals surface area contributed by atoms with Crippen molar-refractivity contribution in [1.29, 1.82) is 0 Å². The minimum Gasteiger partial charge on any atom is -0.355 e. The number of carbonyl (C=O) groups is 2. The van der Waals surface area contributed by atoms with Gasteiger partial charge in [-0.3, -0.25) is 24.8 Å². The Morgan fingerprint density at radius 1 is 1.06 bits per heavy atom. The zero-order valence-electron chi connectivity index (χ0n) is 19.2. The lowest BCUT2D eigenvalue weighted by Gasteiger charge is -2.09. The molecule has 0 bridgehead atoms. The van der Waals surface area contributed by atoms with E-state index in [1.165, 1.54) is 17.6 Å². The molecule has 0 spiro atoms. The average Bonchev–Trinajstić information content (AvgIpc) is 2.88. The number of halogens is 1. The molecule has 2 amide bonds. The number of carbonyl (C=O) groups excluding carboxylic acids is 2. The molecule has 180 valence electrons. The molecular formula is C26H21ClN6O3. The summed E-state index contributed by atoms with van der Waals surface area (Å²) >= 11 is 5.43. The van der Waals surface area contributed by atoms with Crippen molar-refractivity contribution in [1.82, 2.24) is 30.2 Å². The van der Waals surface area contributed by atoms with Gasteiger partial charge in [0.15, 0.2) is 0 Å².